The first-order valence-corrected chi connectivity index (χ1v) is 6.40. The molecule has 0 radical (unpaired) electrons. The molecule has 1 aromatic heterocycles. The van der Waals surface area contributed by atoms with Crippen LogP contribution >= 0.6 is 0 Å². The molecule has 0 aliphatic heterocycles. The highest BCUT2D eigenvalue weighted by molar-refractivity contribution is 5.83. The Morgan fingerprint density at radius 3 is 2.45 bits per heavy atom. The highest BCUT2D eigenvalue weighted by atomic mass is 16.5. The maximum Gasteiger partial charge on any atom is 0.287 e. The summed E-state index contributed by atoms with van der Waals surface area (Å²) < 4.78 is 12.3. The van der Waals surface area contributed by atoms with Crippen LogP contribution in [0.5, 0.6) is 11.5 Å². The average Bonchev–Trinajstić information content (AvgIpc) is 2.77. The number of methoxy groups -OCH3 is 1. The summed E-state index contributed by atoms with van der Waals surface area (Å²) >= 11 is 0. The Balaban J connectivity index is 2.17. The van der Waals surface area contributed by atoms with Crippen LogP contribution in [0.2, 0.25) is 0 Å². The van der Waals surface area contributed by atoms with Crippen LogP contribution < -0.4 is 9.47 Å². The number of rotatable bonds is 4. The van der Waals surface area contributed by atoms with Crippen molar-refractivity contribution < 1.29 is 14.3 Å². The van der Waals surface area contributed by atoms with E-state index in [4.69, 9.17) is 9.47 Å². The summed E-state index contributed by atoms with van der Waals surface area (Å²) in [7, 11) is 1.57. The molecule has 0 saturated carbocycles. The standard InChI is InChI=1S/C15H18N2O3/c1-10-9-11(2)17(16-10)15(18)12(3)20-14-8-6-5-7-13(14)19-4/h5-9,12H,1-4H3. The van der Waals surface area contributed by atoms with Gasteiger partial charge >= 0.3 is 0 Å². The zero-order chi connectivity index (χ0) is 14.7. The van der Waals surface area contributed by atoms with E-state index < -0.39 is 6.10 Å². The molecule has 5 nitrogen and oxygen atoms in total. The normalized spacial score (nSPS) is 12.0. The van der Waals surface area contributed by atoms with Crippen molar-refractivity contribution >= 4 is 5.91 Å². The number of carbonyl (C=O) groups is 1. The Morgan fingerprint density at radius 2 is 1.90 bits per heavy atom. The van der Waals surface area contributed by atoms with Crippen molar-refractivity contribution in [3.8, 4) is 11.5 Å². The van der Waals surface area contributed by atoms with Gasteiger partial charge in [-0.05, 0) is 39.0 Å². The molecule has 2 rings (SSSR count). The van der Waals surface area contributed by atoms with E-state index in [1.807, 2.05) is 32.0 Å². The number of hydrogen-bond donors (Lipinski definition) is 0. The quantitative estimate of drug-likeness (QED) is 0.860. The molecule has 0 aliphatic rings. The zero-order valence-corrected chi connectivity index (χ0v) is 12.1. The van der Waals surface area contributed by atoms with E-state index >= 15 is 0 Å². The molecule has 5 heteroatoms. The van der Waals surface area contributed by atoms with Crippen molar-refractivity contribution in [3.63, 3.8) is 0 Å². The van der Waals surface area contributed by atoms with E-state index in [1.165, 1.54) is 4.68 Å². The molecule has 1 atom stereocenters. The predicted molar refractivity (Wildman–Crippen MR) is 75.4 cm³/mol. The number of para-hydroxylation sites is 2. The summed E-state index contributed by atoms with van der Waals surface area (Å²) in [5, 5.41) is 4.17. The van der Waals surface area contributed by atoms with Gasteiger partial charge in [-0.15, -0.1) is 0 Å². The van der Waals surface area contributed by atoms with Crippen LogP contribution in [-0.4, -0.2) is 28.9 Å². The van der Waals surface area contributed by atoms with Gasteiger partial charge in [0, 0.05) is 5.69 Å². The highest BCUT2D eigenvalue weighted by Gasteiger charge is 2.20. The van der Waals surface area contributed by atoms with Gasteiger partial charge in [0.25, 0.3) is 5.91 Å². The van der Waals surface area contributed by atoms with Gasteiger partial charge in [0.05, 0.1) is 12.8 Å². The highest BCUT2D eigenvalue weighted by Crippen LogP contribution is 2.27. The molecule has 1 aromatic carbocycles. The Labute approximate surface area is 118 Å². The van der Waals surface area contributed by atoms with E-state index in [9.17, 15) is 4.79 Å². The first kappa shape index (κ1) is 14.1. The number of aromatic nitrogens is 2. The Morgan fingerprint density at radius 1 is 1.25 bits per heavy atom. The molecule has 1 unspecified atom stereocenters. The number of ether oxygens (including phenoxy) is 2. The maximum absolute atomic E-state index is 12.3. The van der Waals surface area contributed by atoms with Crippen LogP contribution in [0, 0.1) is 13.8 Å². The lowest BCUT2D eigenvalue weighted by Crippen LogP contribution is -2.30. The van der Waals surface area contributed by atoms with E-state index in [0.717, 1.165) is 11.4 Å². The van der Waals surface area contributed by atoms with E-state index in [1.54, 1.807) is 26.2 Å². The SMILES string of the molecule is COc1ccccc1OC(C)C(=O)n1nc(C)cc1C. The predicted octanol–water partition coefficient (Wildman–Crippen LogP) is 2.62. The number of aryl methyl sites for hydroxylation is 2. The van der Waals surface area contributed by atoms with Crippen molar-refractivity contribution in [2.75, 3.05) is 7.11 Å². The first-order valence-electron chi connectivity index (χ1n) is 6.40. The average molecular weight is 274 g/mol. The van der Waals surface area contributed by atoms with Crippen molar-refractivity contribution in [2.45, 2.75) is 26.9 Å². The minimum absolute atomic E-state index is 0.207. The number of nitrogens with zero attached hydrogens (tertiary/aromatic N) is 2. The Bertz CT molecular complexity index is 619. The first-order chi connectivity index (χ1) is 9.52. The molecule has 20 heavy (non-hydrogen) atoms. The van der Waals surface area contributed by atoms with Crippen LogP contribution in [0.25, 0.3) is 0 Å². The second-order valence-electron chi connectivity index (χ2n) is 4.59. The second-order valence-corrected chi connectivity index (χ2v) is 4.59. The lowest BCUT2D eigenvalue weighted by Gasteiger charge is -2.16. The molecule has 0 fully saturated rings. The molecule has 1 heterocycles. The third kappa shape index (κ3) is 2.82. The lowest BCUT2D eigenvalue weighted by molar-refractivity contribution is 0.0703. The third-order valence-electron chi connectivity index (χ3n) is 2.94. The molecule has 2 aromatic rings. The van der Waals surface area contributed by atoms with Crippen LogP contribution in [0.3, 0.4) is 0 Å². The Kier molecular flexibility index (Phi) is 4.08. The molecule has 0 N–H and O–H groups in total. The smallest absolute Gasteiger partial charge is 0.287 e. The largest absolute Gasteiger partial charge is 0.493 e. The number of carbonyl (C=O) groups excluding carboxylic acids is 1. The van der Waals surface area contributed by atoms with Crippen molar-refractivity contribution in [2.24, 2.45) is 0 Å². The van der Waals surface area contributed by atoms with Crippen molar-refractivity contribution in [1.82, 2.24) is 9.78 Å². The van der Waals surface area contributed by atoms with Gasteiger partial charge in [-0.1, -0.05) is 12.1 Å². The van der Waals surface area contributed by atoms with Crippen LogP contribution in [0.4, 0.5) is 0 Å². The summed E-state index contributed by atoms with van der Waals surface area (Å²) in [4.78, 5) is 12.3. The van der Waals surface area contributed by atoms with E-state index in [-0.39, 0.29) is 5.91 Å². The van der Waals surface area contributed by atoms with E-state index in [2.05, 4.69) is 5.10 Å². The Hall–Kier alpha value is -2.30. The second kappa shape index (κ2) is 5.77. The van der Waals surface area contributed by atoms with Gasteiger partial charge < -0.3 is 9.47 Å². The molecule has 0 aliphatic carbocycles. The molecule has 0 amide bonds. The lowest BCUT2D eigenvalue weighted by atomic mass is 10.3. The van der Waals surface area contributed by atoms with Gasteiger partial charge in [-0.2, -0.15) is 5.10 Å². The van der Waals surface area contributed by atoms with Gasteiger partial charge in [0.1, 0.15) is 0 Å². The summed E-state index contributed by atoms with van der Waals surface area (Å²) in [5.74, 6) is 0.930. The molecular formula is C15H18N2O3. The fourth-order valence-electron chi connectivity index (χ4n) is 1.98. The van der Waals surface area contributed by atoms with Gasteiger partial charge in [-0.3, -0.25) is 4.79 Å². The van der Waals surface area contributed by atoms with Gasteiger partial charge in [0.2, 0.25) is 0 Å². The minimum Gasteiger partial charge on any atom is -0.493 e. The summed E-state index contributed by atoms with van der Waals surface area (Å²) in [5.41, 5.74) is 1.60. The van der Waals surface area contributed by atoms with Gasteiger partial charge in [-0.25, -0.2) is 4.68 Å². The molecule has 0 bridgehead atoms. The molecular weight excluding hydrogens is 256 g/mol. The van der Waals surface area contributed by atoms with Crippen LogP contribution in [-0.2, 0) is 0 Å². The summed E-state index contributed by atoms with van der Waals surface area (Å²) in [6.45, 7) is 5.39. The summed E-state index contributed by atoms with van der Waals surface area (Å²) in [6.07, 6.45) is -0.649. The van der Waals surface area contributed by atoms with Gasteiger partial charge in [0.15, 0.2) is 17.6 Å². The topological polar surface area (TPSA) is 53.4 Å². The summed E-state index contributed by atoms with van der Waals surface area (Å²) in [6, 6.07) is 9.09. The molecule has 106 valence electrons. The van der Waals surface area contributed by atoms with Crippen LogP contribution in [0.1, 0.15) is 23.1 Å². The minimum atomic E-state index is -0.649. The van der Waals surface area contributed by atoms with Crippen molar-refractivity contribution in [3.05, 3.63) is 41.7 Å². The zero-order valence-electron chi connectivity index (χ0n) is 12.1. The monoisotopic (exact) mass is 274 g/mol. The number of hydrogen-bond acceptors (Lipinski definition) is 4. The maximum atomic E-state index is 12.3. The van der Waals surface area contributed by atoms with Crippen LogP contribution in [0.15, 0.2) is 30.3 Å². The third-order valence-corrected chi connectivity index (χ3v) is 2.94. The fraction of sp³-hybridized carbons (Fsp3) is 0.333. The van der Waals surface area contributed by atoms with Crippen molar-refractivity contribution in [1.29, 1.82) is 0 Å². The molecule has 0 spiro atoms. The molecule has 0 saturated heterocycles. The fourth-order valence-corrected chi connectivity index (χ4v) is 1.98. The van der Waals surface area contributed by atoms with E-state index in [0.29, 0.717) is 11.5 Å². The number of benzene rings is 1.